The highest BCUT2D eigenvalue weighted by molar-refractivity contribution is 5.96. The average Bonchev–Trinajstić information content (AvgIpc) is 3.27. The Morgan fingerprint density at radius 2 is 1.23 bits per heavy atom. The second kappa shape index (κ2) is 10.3. The number of benzene rings is 5. The maximum atomic E-state index is 2.56. The smallest absolute Gasteiger partial charge is 0.0543 e. The third-order valence-electron chi connectivity index (χ3n) is 10.6. The zero-order valence-corrected chi connectivity index (χ0v) is 25.8. The number of nitrogens with zero attached hydrogens (tertiary/aromatic N) is 1. The van der Waals surface area contributed by atoms with E-state index in [2.05, 4.69) is 123 Å². The van der Waals surface area contributed by atoms with E-state index in [1.54, 1.807) is 11.1 Å². The van der Waals surface area contributed by atoms with Crippen molar-refractivity contribution in [2.45, 2.75) is 77.6 Å². The number of hydrogen-bond acceptors (Lipinski definition) is 1. The van der Waals surface area contributed by atoms with Gasteiger partial charge in [-0.1, -0.05) is 74.5 Å². The fraction of sp³-hybridized carbons (Fsp3) is 0.286. The van der Waals surface area contributed by atoms with Gasteiger partial charge in [0.2, 0.25) is 0 Å². The molecule has 0 aliphatic heterocycles. The molecule has 0 saturated heterocycles. The minimum absolute atomic E-state index is 0.0669. The molecule has 0 fully saturated rings. The summed E-state index contributed by atoms with van der Waals surface area (Å²) in [7, 11) is 0. The van der Waals surface area contributed by atoms with Crippen LogP contribution in [0.25, 0.3) is 22.3 Å². The Bertz CT molecular complexity index is 1860. The van der Waals surface area contributed by atoms with Crippen LogP contribution in [0.4, 0.5) is 17.1 Å². The molecule has 0 unspecified atom stereocenters. The number of para-hydroxylation sites is 1. The number of rotatable bonds is 4. The Morgan fingerprint density at radius 3 is 2.07 bits per heavy atom. The van der Waals surface area contributed by atoms with Crippen molar-refractivity contribution in [3.05, 3.63) is 136 Å². The number of aryl methyl sites for hydroxylation is 4. The minimum Gasteiger partial charge on any atom is -0.310 e. The summed E-state index contributed by atoms with van der Waals surface area (Å²) in [5.41, 5.74) is 19.7. The standard InChI is InChI=1S/C42H41N/c1-28-21-22-30-14-9-10-18-34(30)41(28)37-26-36-35-19-11-12-20-38(35)42(2,3)39(36)27-40(37)43(32-16-5-4-6-17-32)33-24-23-29-13-7-8-15-31(29)25-33/h4-6,11-12,16-17,19-27H,7-10,13-15,18H2,1-3H3. The lowest BCUT2D eigenvalue weighted by Gasteiger charge is -2.32. The Hall–Kier alpha value is -4.10. The van der Waals surface area contributed by atoms with Crippen molar-refractivity contribution in [1.29, 1.82) is 0 Å². The van der Waals surface area contributed by atoms with Crippen molar-refractivity contribution in [2.75, 3.05) is 4.90 Å². The highest BCUT2D eigenvalue weighted by atomic mass is 15.1. The quantitative estimate of drug-likeness (QED) is 0.212. The molecule has 0 aromatic heterocycles. The lowest BCUT2D eigenvalue weighted by atomic mass is 9.79. The summed E-state index contributed by atoms with van der Waals surface area (Å²) in [6.45, 7) is 7.13. The Kier molecular flexibility index (Phi) is 6.33. The van der Waals surface area contributed by atoms with Gasteiger partial charge in [-0.15, -0.1) is 0 Å². The number of fused-ring (bicyclic) bond motifs is 5. The van der Waals surface area contributed by atoms with Crippen molar-refractivity contribution >= 4 is 17.1 Å². The van der Waals surface area contributed by atoms with Gasteiger partial charge < -0.3 is 4.90 Å². The normalized spacial score (nSPS) is 16.2. The largest absolute Gasteiger partial charge is 0.310 e. The molecule has 0 N–H and O–H groups in total. The van der Waals surface area contributed by atoms with E-state index >= 15 is 0 Å². The second-order valence-corrected chi connectivity index (χ2v) is 13.5. The zero-order chi connectivity index (χ0) is 29.1. The summed E-state index contributed by atoms with van der Waals surface area (Å²) < 4.78 is 0. The van der Waals surface area contributed by atoms with Gasteiger partial charge in [-0.25, -0.2) is 0 Å². The predicted octanol–water partition coefficient (Wildman–Crippen LogP) is 11.2. The SMILES string of the molecule is Cc1ccc2c(c1-c1cc3c(cc1N(c1ccccc1)c1ccc4c(c1)CCCC4)C(C)(C)c1ccccc1-3)CCCC2. The second-order valence-electron chi connectivity index (χ2n) is 13.5. The van der Waals surface area contributed by atoms with E-state index in [-0.39, 0.29) is 5.41 Å². The van der Waals surface area contributed by atoms with Gasteiger partial charge >= 0.3 is 0 Å². The van der Waals surface area contributed by atoms with Crippen LogP contribution in [0.5, 0.6) is 0 Å². The maximum Gasteiger partial charge on any atom is 0.0543 e. The molecule has 3 aliphatic rings. The van der Waals surface area contributed by atoms with E-state index in [1.165, 1.54) is 112 Å². The molecule has 43 heavy (non-hydrogen) atoms. The average molecular weight is 560 g/mol. The van der Waals surface area contributed by atoms with Crippen molar-refractivity contribution in [2.24, 2.45) is 0 Å². The molecular formula is C42H41N. The van der Waals surface area contributed by atoms with Crippen LogP contribution in [-0.4, -0.2) is 0 Å². The van der Waals surface area contributed by atoms with Crippen molar-refractivity contribution in [3.8, 4) is 22.3 Å². The van der Waals surface area contributed by atoms with E-state index in [4.69, 9.17) is 0 Å². The van der Waals surface area contributed by atoms with Gasteiger partial charge in [0.05, 0.1) is 5.69 Å². The topological polar surface area (TPSA) is 3.24 Å². The summed E-state index contributed by atoms with van der Waals surface area (Å²) in [6.07, 6.45) is 9.88. The van der Waals surface area contributed by atoms with Crippen LogP contribution in [0.1, 0.15) is 78.5 Å². The Labute approximate surface area is 257 Å². The monoisotopic (exact) mass is 559 g/mol. The van der Waals surface area contributed by atoms with Crippen LogP contribution in [-0.2, 0) is 31.1 Å². The van der Waals surface area contributed by atoms with Crippen LogP contribution < -0.4 is 4.90 Å². The Balaban J connectivity index is 1.45. The molecule has 5 aromatic rings. The molecule has 214 valence electrons. The van der Waals surface area contributed by atoms with Gasteiger partial charge in [0.25, 0.3) is 0 Å². The molecule has 0 spiro atoms. The summed E-state index contributed by atoms with van der Waals surface area (Å²) in [5.74, 6) is 0. The molecule has 0 saturated carbocycles. The molecule has 0 bridgehead atoms. The lowest BCUT2D eigenvalue weighted by Crippen LogP contribution is -2.18. The fourth-order valence-electron chi connectivity index (χ4n) is 8.30. The van der Waals surface area contributed by atoms with Gasteiger partial charge in [-0.3, -0.25) is 0 Å². The third-order valence-corrected chi connectivity index (χ3v) is 10.6. The molecule has 1 nitrogen and oxygen atoms in total. The van der Waals surface area contributed by atoms with Gasteiger partial charge in [0.1, 0.15) is 0 Å². The van der Waals surface area contributed by atoms with Crippen LogP contribution in [0.15, 0.2) is 97.1 Å². The van der Waals surface area contributed by atoms with Crippen LogP contribution in [0.3, 0.4) is 0 Å². The first-order chi connectivity index (χ1) is 21.0. The van der Waals surface area contributed by atoms with Crippen molar-refractivity contribution < 1.29 is 0 Å². The lowest BCUT2D eigenvalue weighted by molar-refractivity contribution is 0.660. The predicted molar refractivity (Wildman–Crippen MR) is 182 cm³/mol. The first-order valence-electron chi connectivity index (χ1n) is 16.4. The summed E-state index contributed by atoms with van der Waals surface area (Å²) in [4.78, 5) is 2.56. The van der Waals surface area contributed by atoms with Crippen LogP contribution in [0, 0.1) is 6.92 Å². The number of anilines is 3. The molecule has 5 aromatic carbocycles. The van der Waals surface area contributed by atoms with Crippen LogP contribution >= 0.6 is 0 Å². The van der Waals surface area contributed by atoms with E-state index in [0.717, 1.165) is 6.42 Å². The number of hydrogen-bond donors (Lipinski definition) is 0. The molecule has 0 amide bonds. The van der Waals surface area contributed by atoms with E-state index in [1.807, 2.05) is 0 Å². The fourth-order valence-corrected chi connectivity index (χ4v) is 8.30. The third kappa shape index (κ3) is 4.27. The summed E-state index contributed by atoms with van der Waals surface area (Å²) in [6, 6.07) is 37.3. The summed E-state index contributed by atoms with van der Waals surface area (Å²) >= 11 is 0. The van der Waals surface area contributed by atoms with Crippen LogP contribution in [0.2, 0.25) is 0 Å². The highest BCUT2D eigenvalue weighted by Gasteiger charge is 2.37. The van der Waals surface area contributed by atoms with E-state index in [9.17, 15) is 0 Å². The molecular weight excluding hydrogens is 518 g/mol. The van der Waals surface area contributed by atoms with Gasteiger partial charge in [0, 0.05) is 22.4 Å². The first-order valence-corrected chi connectivity index (χ1v) is 16.4. The van der Waals surface area contributed by atoms with Gasteiger partial charge in [-0.2, -0.15) is 0 Å². The molecule has 3 aliphatic carbocycles. The Morgan fingerprint density at radius 1 is 0.535 bits per heavy atom. The van der Waals surface area contributed by atoms with Gasteiger partial charge in [0.15, 0.2) is 0 Å². The van der Waals surface area contributed by atoms with Crippen molar-refractivity contribution in [3.63, 3.8) is 0 Å². The van der Waals surface area contributed by atoms with Crippen molar-refractivity contribution in [1.82, 2.24) is 0 Å². The molecule has 0 heterocycles. The molecule has 8 rings (SSSR count). The minimum atomic E-state index is -0.0669. The molecule has 0 radical (unpaired) electrons. The van der Waals surface area contributed by atoms with Gasteiger partial charge in [-0.05, 0) is 150 Å². The molecule has 1 heteroatoms. The zero-order valence-electron chi connectivity index (χ0n) is 25.8. The first kappa shape index (κ1) is 26.5. The highest BCUT2D eigenvalue weighted by Crippen LogP contribution is 2.54. The summed E-state index contributed by atoms with van der Waals surface area (Å²) in [5, 5.41) is 0. The van der Waals surface area contributed by atoms with E-state index in [0.29, 0.717) is 0 Å². The molecule has 0 atom stereocenters. The maximum absolute atomic E-state index is 2.56. The van der Waals surface area contributed by atoms with E-state index < -0.39 is 0 Å².